The number of aliphatic hydroxyl groups excluding tert-OH is 1. The van der Waals surface area contributed by atoms with Gasteiger partial charge in [-0.1, -0.05) is 25.1 Å². The fraction of sp³-hybridized carbons (Fsp3) is 0.353. The van der Waals surface area contributed by atoms with Crippen molar-refractivity contribution in [2.45, 2.75) is 26.4 Å². The number of aromatic nitrogens is 1. The van der Waals surface area contributed by atoms with Crippen molar-refractivity contribution in [3.8, 4) is 0 Å². The van der Waals surface area contributed by atoms with Crippen molar-refractivity contribution in [1.82, 2.24) is 4.98 Å². The molecule has 0 saturated heterocycles. The van der Waals surface area contributed by atoms with Gasteiger partial charge < -0.3 is 10.0 Å². The van der Waals surface area contributed by atoms with E-state index in [1.54, 1.807) is 6.92 Å². The maximum atomic E-state index is 9.55. The molecule has 0 fully saturated rings. The maximum absolute atomic E-state index is 9.55. The van der Waals surface area contributed by atoms with E-state index >= 15 is 0 Å². The van der Waals surface area contributed by atoms with Crippen LogP contribution in [0.1, 0.15) is 31.2 Å². The molecule has 1 aromatic heterocycles. The summed E-state index contributed by atoms with van der Waals surface area (Å²) >= 11 is 0. The van der Waals surface area contributed by atoms with Crippen LogP contribution in [-0.4, -0.2) is 16.6 Å². The highest BCUT2D eigenvalue weighted by Gasteiger charge is 2.22. The van der Waals surface area contributed by atoms with Gasteiger partial charge in [-0.05, 0) is 43.0 Å². The van der Waals surface area contributed by atoms with Gasteiger partial charge in [-0.15, -0.1) is 0 Å². The molecule has 0 radical (unpaired) electrons. The highest BCUT2D eigenvalue weighted by atomic mass is 16.3. The number of fused-ring (bicyclic) bond motifs is 1. The minimum atomic E-state index is -0.517. The van der Waals surface area contributed by atoms with Crippen LogP contribution in [0.3, 0.4) is 0 Å². The molecule has 1 unspecified atom stereocenters. The molecule has 3 heteroatoms. The van der Waals surface area contributed by atoms with E-state index in [1.807, 2.05) is 18.3 Å². The Morgan fingerprint density at radius 2 is 2.05 bits per heavy atom. The van der Waals surface area contributed by atoms with Gasteiger partial charge in [-0.25, -0.2) is 0 Å². The molecule has 0 spiro atoms. The third-order valence-corrected chi connectivity index (χ3v) is 3.86. The number of para-hydroxylation sites is 1. The van der Waals surface area contributed by atoms with Gasteiger partial charge in [0.05, 0.1) is 23.7 Å². The molecule has 104 valence electrons. The summed E-state index contributed by atoms with van der Waals surface area (Å²) in [5.41, 5.74) is 4.48. The van der Waals surface area contributed by atoms with Gasteiger partial charge in [0, 0.05) is 12.2 Å². The molecule has 3 nitrogen and oxygen atoms in total. The molecule has 2 heterocycles. The summed E-state index contributed by atoms with van der Waals surface area (Å²) in [6.45, 7) is 5.02. The highest BCUT2D eigenvalue weighted by Crippen LogP contribution is 2.35. The molecular weight excluding hydrogens is 248 g/mol. The lowest BCUT2D eigenvalue weighted by molar-refractivity contribution is 0.194. The van der Waals surface area contributed by atoms with E-state index in [9.17, 15) is 5.11 Å². The Balaban J connectivity index is 1.97. The molecule has 0 bridgehead atoms. The van der Waals surface area contributed by atoms with Crippen LogP contribution in [0, 0.1) is 5.92 Å². The fourth-order valence-corrected chi connectivity index (χ4v) is 2.85. The number of benzene rings is 1. The lowest BCUT2D eigenvalue weighted by atomic mass is 9.93. The molecule has 0 aliphatic carbocycles. The van der Waals surface area contributed by atoms with E-state index in [-0.39, 0.29) is 0 Å². The summed E-state index contributed by atoms with van der Waals surface area (Å²) < 4.78 is 0. The molecular formula is C17H20N2O. The standard InChI is InChI=1S/C17H20N2O/c1-12-9-14-5-3-4-6-17(14)19(11-12)15-7-8-16(13(2)20)18-10-15/h3-8,10,12-13,20H,9,11H2,1-2H3/t12?,13-/m0/s1. The highest BCUT2D eigenvalue weighted by molar-refractivity contribution is 5.67. The second-order valence-electron chi connectivity index (χ2n) is 5.67. The van der Waals surface area contributed by atoms with Gasteiger partial charge in [-0.2, -0.15) is 0 Å². The van der Waals surface area contributed by atoms with E-state index in [2.05, 4.69) is 41.1 Å². The average Bonchev–Trinajstić information content (AvgIpc) is 2.46. The summed E-state index contributed by atoms with van der Waals surface area (Å²) in [4.78, 5) is 6.68. The van der Waals surface area contributed by atoms with Crippen LogP contribution in [0.15, 0.2) is 42.6 Å². The van der Waals surface area contributed by atoms with E-state index in [0.29, 0.717) is 11.6 Å². The predicted octanol–water partition coefficient (Wildman–Crippen LogP) is 3.47. The lowest BCUT2D eigenvalue weighted by Crippen LogP contribution is -2.30. The van der Waals surface area contributed by atoms with Crippen LogP contribution in [0.2, 0.25) is 0 Å². The second-order valence-corrected chi connectivity index (χ2v) is 5.67. The maximum Gasteiger partial charge on any atom is 0.0931 e. The van der Waals surface area contributed by atoms with Gasteiger partial charge in [0.15, 0.2) is 0 Å². The first kappa shape index (κ1) is 13.1. The van der Waals surface area contributed by atoms with Crippen molar-refractivity contribution in [3.63, 3.8) is 0 Å². The van der Waals surface area contributed by atoms with Crippen molar-refractivity contribution < 1.29 is 5.11 Å². The summed E-state index contributed by atoms with van der Waals surface area (Å²) in [6.07, 6.45) is 2.47. The van der Waals surface area contributed by atoms with Gasteiger partial charge in [0.25, 0.3) is 0 Å². The Kier molecular flexibility index (Phi) is 3.45. The number of hydrogen-bond donors (Lipinski definition) is 1. The number of rotatable bonds is 2. The van der Waals surface area contributed by atoms with Crippen LogP contribution in [-0.2, 0) is 6.42 Å². The largest absolute Gasteiger partial charge is 0.387 e. The predicted molar refractivity (Wildman–Crippen MR) is 81.2 cm³/mol. The zero-order valence-electron chi connectivity index (χ0n) is 12.0. The molecule has 1 aliphatic heterocycles. The molecule has 0 saturated carbocycles. The average molecular weight is 268 g/mol. The van der Waals surface area contributed by atoms with Crippen LogP contribution < -0.4 is 4.90 Å². The topological polar surface area (TPSA) is 36.4 Å². The first-order valence-electron chi connectivity index (χ1n) is 7.14. The molecule has 1 aliphatic rings. The van der Waals surface area contributed by atoms with Crippen molar-refractivity contribution in [1.29, 1.82) is 0 Å². The van der Waals surface area contributed by atoms with Gasteiger partial charge in [0.1, 0.15) is 0 Å². The van der Waals surface area contributed by atoms with Crippen molar-refractivity contribution >= 4 is 11.4 Å². The van der Waals surface area contributed by atoms with Crippen molar-refractivity contribution in [3.05, 3.63) is 53.9 Å². The van der Waals surface area contributed by atoms with E-state index in [4.69, 9.17) is 0 Å². The molecule has 20 heavy (non-hydrogen) atoms. The summed E-state index contributed by atoms with van der Waals surface area (Å²) in [5, 5.41) is 9.55. The number of pyridine rings is 1. The first-order chi connectivity index (χ1) is 9.65. The minimum Gasteiger partial charge on any atom is -0.387 e. The van der Waals surface area contributed by atoms with E-state index in [1.165, 1.54) is 11.3 Å². The minimum absolute atomic E-state index is 0.517. The monoisotopic (exact) mass is 268 g/mol. The summed E-state index contributed by atoms with van der Waals surface area (Å²) in [7, 11) is 0. The van der Waals surface area contributed by atoms with Crippen LogP contribution in [0.4, 0.5) is 11.4 Å². The van der Waals surface area contributed by atoms with Gasteiger partial charge in [0.2, 0.25) is 0 Å². The van der Waals surface area contributed by atoms with Crippen molar-refractivity contribution in [2.75, 3.05) is 11.4 Å². The summed E-state index contributed by atoms with van der Waals surface area (Å²) in [5.74, 6) is 0.626. The number of anilines is 2. The Morgan fingerprint density at radius 1 is 1.25 bits per heavy atom. The van der Waals surface area contributed by atoms with Crippen LogP contribution >= 0.6 is 0 Å². The Hall–Kier alpha value is -1.87. The molecule has 0 amide bonds. The molecule has 1 N–H and O–H groups in total. The van der Waals surface area contributed by atoms with Crippen LogP contribution in [0.25, 0.3) is 0 Å². The zero-order chi connectivity index (χ0) is 14.1. The van der Waals surface area contributed by atoms with E-state index in [0.717, 1.165) is 18.7 Å². The van der Waals surface area contributed by atoms with E-state index < -0.39 is 6.10 Å². The number of hydrogen-bond acceptors (Lipinski definition) is 3. The van der Waals surface area contributed by atoms with Crippen LogP contribution in [0.5, 0.6) is 0 Å². The first-order valence-corrected chi connectivity index (χ1v) is 7.14. The Bertz CT molecular complexity index is 592. The zero-order valence-corrected chi connectivity index (χ0v) is 12.0. The quantitative estimate of drug-likeness (QED) is 0.906. The third-order valence-electron chi connectivity index (χ3n) is 3.86. The number of aliphatic hydroxyl groups is 1. The fourth-order valence-electron chi connectivity index (χ4n) is 2.85. The Morgan fingerprint density at radius 3 is 2.75 bits per heavy atom. The molecule has 1 aromatic carbocycles. The molecule has 3 rings (SSSR count). The smallest absolute Gasteiger partial charge is 0.0931 e. The Labute approximate surface area is 119 Å². The van der Waals surface area contributed by atoms with Gasteiger partial charge >= 0.3 is 0 Å². The molecule has 2 aromatic rings. The lowest BCUT2D eigenvalue weighted by Gasteiger charge is -2.34. The summed E-state index contributed by atoms with van der Waals surface area (Å²) in [6, 6.07) is 12.5. The van der Waals surface area contributed by atoms with Gasteiger partial charge in [-0.3, -0.25) is 4.98 Å². The van der Waals surface area contributed by atoms with Crippen molar-refractivity contribution in [2.24, 2.45) is 5.92 Å². The normalized spacial score (nSPS) is 19.6. The second kappa shape index (κ2) is 5.25. The molecule has 2 atom stereocenters. The third kappa shape index (κ3) is 2.41. The number of nitrogens with zero attached hydrogens (tertiary/aromatic N) is 2. The SMILES string of the molecule is CC1Cc2ccccc2N(c2ccc([C@H](C)O)nc2)C1.